The number of carbonyl (C=O) groups excluding carboxylic acids is 1. The van der Waals surface area contributed by atoms with Crippen molar-refractivity contribution in [2.24, 2.45) is 0 Å². The molecule has 9 heteroatoms. The largest absolute Gasteiger partial charge is 0.493 e. The molecule has 0 unspecified atom stereocenters. The van der Waals surface area contributed by atoms with Crippen molar-refractivity contribution in [1.29, 1.82) is 0 Å². The number of thioether (sulfide) groups is 1. The Morgan fingerprint density at radius 2 is 2.00 bits per heavy atom. The number of benzene rings is 2. The van der Waals surface area contributed by atoms with Crippen LogP contribution in [0.4, 0.5) is 5.69 Å². The molecule has 1 N–H and O–H groups in total. The Kier molecular flexibility index (Phi) is 6.72. The van der Waals surface area contributed by atoms with Gasteiger partial charge in [-0.3, -0.25) is 4.79 Å². The molecule has 0 aliphatic rings. The lowest BCUT2D eigenvalue weighted by molar-refractivity contribution is -0.113. The summed E-state index contributed by atoms with van der Waals surface area (Å²) in [7, 11) is 1.57. The van der Waals surface area contributed by atoms with E-state index < -0.39 is 0 Å². The van der Waals surface area contributed by atoms with E-state index in [1.54, 1.807) is 19.2 Å². The van der Waals surface area contributed by atoms with E-state index >= 15 is 0 Å². The highest BCUT2D eigenvalue weighted by atomic mass is 79.9. The van der Waals surface area contributed by atoms with E-state index in [-0.39, 0.29) is 18.3 Å². The lowest BCUT2D eigenvalue weighted by atomic mass is 10.3. The second-order valence-electron chi connectivity index (χ2n) is 5.25. The molecule has 2 aromatic carbocycles. The second kappa shape index (κ2) is 9.43. The first-order chi connectivity index (χ1) is 13.1. The summed E-state index contributed by atoms with van der Waals surface area (Å²) in [6, 6.07) is 14.7. The Hall–Kier alpha value is -2.52. The zero-order valence-corrected chi connectivity index (χ0v) is 16.7. The van der Waals surface area contributed by atoms with E-state index in [9.17, 15) is 4.79 Å². The molecule has 1 amide bonds. The van der Waals surface area contributed by atoms with Crippen LogP contribution in [0.1, 0.15) is 5.89 Å². The third-order valence-electron chi connectivity index (χ3n) is 3.30. The molecule has 0 saturated heterocycles. The predicted octanol–water partition coefficient (Wildman–Crippen LogP) is 4.15. The number of carbonyl (C=O) groups is 1. The van der Waals surface area contributed by atoms with Crippen molar-refractivity contribution < 1.29 is 18.7 Å². The quantitative estimate of drug-likeness (QED) is 0.516. The Bertz CT molecular complexity index is 919. The van der Waals surface area contributed by atoms with Crippen LogP contribution < -0.4 is 14.8 Å². The number of anilines is 1. The number of para-hydroxylation sites is 2. The van der Waals surface area contributed by atoms with Crippen molar-refractivity contribution in [3.63, 3.8) is 0 Å². The summed E-state index contributed by atoms with van der Waals surface area (Å²) in [6.45, 7) is 0.109. The van der Waals surface area contributed by atoms with E-state index in [2.05, 4.69) is 31.4 Å². The van der Waals surface area contributed by atoms with Crippen molar-refractivity contribution in [2.75, 3.05) is 18.2 Å². The molecule has 3 rings (SSSR count). The molecule has 140 valence electrons. The van der Waals surface area contributed by atoms with Gasteiger partial charge in [0.2, 0.25) is 5.91 Å². The van der Waals surface area contributed by atoms with Crippen molar-refractivity contribution in [2.45, 2.75) is 11.8 Å². The van der Waals surface area contributed by atoms with Gasteiger partial charge in [0.25, 0.3) is 11.1 Å². The molecule has 0 aliphatic heterocycles. The van der Waals surface area contributed by atoms with Gasteiger partial charge >= 0.3 is 0 Å². The van der Waals surface area contributed by atoms with E-state index in [0.717, 1.165) is 16.2 Å². The van der Waals surface area contributed by atoms with Gasteiger partial charge in [-0.05, 0) is 30.3 Å². The Balaban J connectivity index is 1.48. The molecule has 0 spiro atoms. The summed E-state index contributed by atoms with van der Waals surface area (Å²) in [5, 5.41) is 10.9. The minimum absolute atomic E-state index is 0.109. The van der Waals surface area contributed by atoms with Crippen LogP contribution in [0, 0.1) is 0 Å². The number of aromatic nitrogens is 2. The van der Waals surface area contributed by atoms with Gasteiger partial charge in [0.05, 0.1) is 12.9 Å². The number of ether oxygens (including phenoxy) is 2. The average Bonchev–Trinajstić information content (AvgIpc) is 3.13. The predicted molar refractivity (Wildman–Crippen MR) is 105 cm³/mol. The summed E-state index contributed by atoms with van der Waals surface area (Å²) in [6.07, 6.45) is 0. The number of methoxy groups -OCH3 is 1. The number of hydrogen-bond donors (Lipinski definition) is 1. The van der Waals surface area contributed by atoms with Gasteiger partial charge < -0.3 is 19.2 Å². The van der Waals surface area contributed by atoms with Gasteiger partial charge in [0, 0.05) is 10.2 Å². The highest BCUT2D eigenvalue weighted by molar-refractivity contribution is 9.10. The molecular weight excluding hydrogens is 434 g/mol. The number of nitrogens with one attached hydrogen (secondary N) is 1. The summed E-state index contributed by atoms with van der Waals surface area (Å²) >= 11 is 4.52. The summed E-state index contributed by atoms with van der Waals surface area (Å²) in [4.78, 5) is 12.0. The van der Waals surface area contributed by atoms with Crippen LogP contribution in [0.3, 0.4) is 0 Å². The fourth-order valence-electron chi connectivity index (χ4n) is 2.12. The van der Waals surface area contributed by atoms with Crippen molar-refractivity contribution in [3.8, 4) is 11.5 Å². The van der Waals surface area contributed by atoms with Gasteiger partial charge in [-0.2, -0.15) is 0 Å². The molecule has 1 aromatic heterocycles. The molecule has 7 nitrogen and oxygen atoms in total. The smallest absolute Gasteiger partial charge is 0.277 e. The van der Waals surface area contributed by atoms with Crippen LogP contribution in [-0.4, -0.2) is 29.0 Å². The summed E-state index contributed by atoms with van der Waals surface area (Å²) in [5.41, 5.74) is 0.714. The highest BCUT2D eigenvalue weighted by Crippen LogP contribution is 2.27. The number of nitrogens with zero attached hydrogens (tertiary/aromatic N) is 2. The van der Waals surface area contributed by atoms with Crippen LogP contribution >= 0.6 is 27.7 Å². The van der Waals surface area contributed by atoms with Crippen LogP contribution in [0.15, 0.2) is 62.6 Å². The first-order valence-electron chi connectivity index (χ1n) is 7.90. The number of rotatable bonds is 8. The molecule has 0 aliphatic carbocycles. The maximum absolute atomic E-state index is 12.0. The zero-order valence-electron chi connectivity index (χ0n) is 14.3. The Labute approximate surface area is 168 Å². The lowest BCUT2D eigenvalue weighted by Gasteiger charge is -2.07. The molecule has 0 saturated carbocycles. The Morgan fingerprint density at radius 1 is 1.19 bits per heavy atom. The van der Waals surface area contributed by atoms with Crippen molar-refractivity contribution >= 4 is 39.3 Å². The minimum Gasteiger partial charge on any atom is -0.493 e. The maximum Gasteiger partial charge on any atom is 0.277 e. The molecule has 0 bridgehead atoms. The standard InChI is InChI=1S/C18H16BrN3O4S/c1-24-14-7-2-3-8-15(14)25-10-17-21-22-18(26-17)27-11-16(23)20-13-6-4-5-12(19)9-13/h2-9H,10-11H2,1H3,(H,20,23). The highest BCUT2D eigenvalue weighted by Gasteiger charge is 2.11. The third-order valence-corrected chi connectivity index (χ3v) is 4.62. The van der Waals surface area contributed by atoms with Gasteiger partial charge in [0.1, 0.15) is 0 Å². The topological polar surface area (TPSA) is 86.5 Å². The van der Waals surface area contributed by atoms with Gasteiger partial charge in [-0.15, -0.1) is 10.2 Å². The SMILES string of the molecule is COc1ccccc1OCc1nnc(SCC(=O)Nc2cccc(Br)c2)o1. The van der Waals surface area contributed by atoms with Gasteiger partial charge in [0.15, 0.2) is 18.1 Å². The lowest BCUT2D eigenvalue weighted by Crippen LogP contribution is -2.13. The molecule has 27 heavy (non-hydrogen) atoms. The minimum atomic E-state index is -0.164. The van der Waals surface area contributed by atoms with Crippen molar-refractivity contribution in [1.82, 2.24) is 10.2 Å². The van der Waals surface area contributed by atoms with Crippen LogP contribution in [-0.2, 0) is 11.4 Å². The third kappa shape index (κ3) is 5.73. The average molecular weight is 450 g/mol. The van der Waals surface area contributed by atoms with E-state index in [0.29, 0.717) is 28.3 Å². The van der Waals surface area contributed by atoms with E-state index in [4.69, 9.17) is 13.9 Å². The molecule has 0 atom stereocenters. The summed E-state index contributed by atoms with van der Waals surface area (Å²) < 4.78 is 17.2. The maximum atomic E-state index is 12.0. The normalized spacial score (nSPS) is 10.4. The van der Waals surface area contributed by atoms with Gasteiger partial charge in [-0.1, -0.05) is 45.9 Å². The van der Waals surface area contributed by atoms with Gasteiger partial charge in [-0.25, -0.2) is 0 Å². The van der Waals surface area contributed by atoms with Crippen molar-refractivity contribution in [3.05, 3.63) is 58.9 Å². The molecule has 0 radical (unpaired) electrons. The van der Waals surface area contributed by atoms with Crippen LogP contribution in [0.5, 0.6) is 11.5 Å². The molecular formula is C18H16BrN3O4S. The zero-order chi connectivity index (χ0) is 19.1. The fourth-order valence-corrected chi connectivity index (χ4v) is 3.10. The number of halogens is 1. The first kappa shape index (κ1) is 19.2. The number of hydrogen-bond acceptors (Lipinski definition) is 7. The number of amides is 1. The monoisotopic (exact) mass is 449 g/mol. The second-order valence-corrected chi connectivity index (χ2v) is 7.09. The van der Waals surface area contributed by atoms with Crippen LogP contribution in [0.2, 0.25) is 0 Å². The van der Waals surface area contributed by atoms with E-state index in [1.165, 1.54) is 0 Å². The first-order valence-corrected chi connectivity index (χ1v) is 9.68. The summed E-state index contributed by atoms with van der Waals surface area (Å²) in [5.74, 6) is 1.51. The fraction of sp³-hybridized carbons (Fsp3) is 0.167. The van der Waals surface area contributed by atoms with Crippen LogP contribution in [0.25, 0.3) is 0 Å². The Morgan fingerprint density at radius 3 is 2.78 bits per heavy atom. The molecule has 3 aromatic rings. The molecule has 0 fully saturated rings. The molecule has 1 heterocycles. The van der Waals surface area contributed by atoms with E-state index in [1.807, 2.05) is 36.4 Å².